The van der Waals surface area contributed by atoms with Crippen LogP contribution in [-0.2, 0) is 19.4 Å². The minimum Gasteiger partial charge on any atom is -0.385 e. The van der Waals surface area contributed by atoms with E-state index < -0.39 is 21.0 Å². The van der Waals surface area contributed by atoms with Gasteiger partial charge in [-0.15, -0.1) is 0 Å². The first kappa shape index (κ1) is 17.1. The highest BCUT2D eigenvalue weighted by molar-refractivity contribution is 7.92. The van der Waals surface area contributed by atoms with Crippen LogP contribution in [0.25, 0.3) is 0 Å². The Morgan fingerprint density at radius 2 is 2.10 bits per heavy atom. The van der Waals surface area contributed by atoms with E-state index in [9.17, 15) is 13.2 Å². The third-order valence-corrected chi connectivity index (χ3v) is 5.14. The fourth-order valence-corrected chi connectivity index (χ4v) is 2.93. The van der Waals surface area contributed by atoms with Crippen molar-refractivity contribution in [2.45, 2.75) is 18.6 Å². The summed E-state index contributed by atoms with van der Waals surface area (Å²) in [6, 6.07) is 8.37. The molecule has 0 heterocycles. The molecule has 7 heteroatoms. The van der Waals surface area contributed by atoms with Crippen molar-refractivity contribution in [1.29, 1.82) is 5.26 Å². The number of benzene rings is 1. The summed E-state index contributed by atoms with van der Waals surface area (Å²) < 4.78 is 28.8. The summed E-state index contributed by atoms with van der Waals surface area (Å²) in [5.74, 6) is -0.759. The summed E-state index contributed by atoms with van der Waals surface area (Å²) in [6.45, 7) is 1.66. The summed E-state index contributed by atoms with van der Waals surface area (Å²) in [5.41, 5.74) is 0.596. The zero-order chi connectivity index (χ0) is 15.9. The molecule has 0 fully saturated rings. The molecular weight excluding hydrogens is 292 g/mol. The fraction of sp³-hybridized carbons (Fsp3) is 0.429. The largest absolute Gasteiger partial charge is 0.385 e. The Balaban J connectivity index is 2.77. The van der Waals surface area contributed by atoms with Crippen LogP contribution in [0, 0.1) is 11.3 Å². The van der Waals surface area contributed by atoms with Crippen LogP contribution in [0.3, 0.4) is 0 Å². The maximum absolute atomic E-state index is 12.0. The predicted molar refractivity (Wildman–Crippen MR) is 79.5 cm³/mol. The van der Waals surface area contributed by atoms with Crippen LogP contribution in [0.2, 0.25) is 0 Å². The van der Waals surface area contributed by atoms with Gasteiger partial charge in [-0.1, -0.05) is 12.1 Å². The second kappa shape index (κ2) is 7.76. The molecule has 0 aliphatic rings. The van der Waals surface area contributed by atoms with Gasteiger partial charge in [0, 0.05) is 13.7 Å². The number of nitriles is 1. The molecule has 0 aliphatic heterocycles. The Morgan fingerprint density at radius 1 is 1.43 bits per heavy atom. The molecule has 1 amide bonds. The van der Waals surface area contributed by atoms with Crippen molar-refractivity contribution in [3.05, 3.63) is 29.8 Å². The number of amides is 1. The first-order valence-electron chi connectivity index (χ1n) is 6.43. The third kappa shape index (κ3) is 4.85. The average Bonchev–Trinajstić information content (AvgIpc) is 2.47. The van der Waals surface area contributed by atoms with E-state index in [0.717, 1.165) is 0 Å². The van der Waals surface area contributed by atoms with E-state index in [-0.39, 0.29) is 11.3 Å². The van der Waals surface area contributed by atoms with Crippen molar-refractivity contribution in [1.82, 2.24) is 0 Å². The summed E-state index contributed by atoms with van der Waals surface area (Å²) in [5, 5.41) is 10.2. The number of sulfone groups is 1. The predicted octanol–water partition coefficient (Wildman–Crippen LogP) is 1.34. The Morgan fingerprint density at radius 3 is 2.71 bits per heavy atom. The molecule has 1 aromatic rings. The lowest BCUT2D eigenvalue weighted by Gasteiger charge is -2.13. The highest BCUT2D eigenvalue weighted by Crippen LogP contribution is 2.15. The molecule has 0 bridgehead atoms. The zero-order valence-electron chi connectivity index (χ0n) is 12.0. The SMILES string of the molecule is COCCCS(=O)(=O)C(C)C(=O)Nc1ccccc1C#N. The molecule has 0 aromatic heterocycles. The zero-order valence-corrected chi connectivity index (χ0v) is 12.8. The maximum Gasteiger partial charge on any atom is 0.242 e. The lowest BCUT2D eigenvalue weighted by Crippen LogP contribution is -2.34. The quantitative estimate of drug-likeness (QED) is 0.767. The number of nitrogens with zero attached hydrogens (tertiary/aromatic N) is 1. The van der Waals surface area contributed by atoms with Crippen LogP contribution in [0.5, 0.6) is 0 Å². The first-order chi connectivity index (χ1) is 9.92. The van der Waals surface area contributed by atoms with E-state index in [2.05, 4.69) is 5.32 Å². The number of nitrogens with one attached hydrogen (secondary N) is 1. The number of ether oxygens (including phenoxy) is 1. The van der Waals surface area contributed by atoms with Gasteiger partial charge in [-0.05, 0) is 25.5 Å². The minimum absolute atomic E-state index is 0.116. The van der Waals surface area contributed by atoms with Crippen molar-refractivity contribution < 1.29 is 17.9 Å². The number of methoxy groups -OCH3 is 1. The molecule has 1 unspecified atom stereocenters. The number of hydrogen-bond donors (Lipinski definition) is 1. The normalized spacial score (nSPS) is 12.4. The topological polar surface area (TPSA) is 96.3 Å². The molecule has 21 heavy (non-hydrogen) atoms. The van der Waals surface area contributed by atoms with E-state index in [1.807, 2.05) is 6.07 Å². The van der Waals surface area contributed by atoms with Crippen molar-refractivity contribution >= 4 is 21.4 Å². The molecule has 1 atom stereocenters. The minimum atomic E-state index is -3.55. The molecule has 1 rings (SSSR count). The standard InChI is InChI=1S/C14H18N2O4S/c1-11(21(18,19)9-5-8-20-2)14(17)16-13-7-4-3-6-12(13)10-15/h3-4,6-7,11H,5,8-9H2,1-2H3,(H,16,17). The molecule has 0 radical (unpaired) electrons. The summed E-state index contributed by atoms with van der Waals surface area (Å²) in [7, 11) is -2.06. The number of para-hydroxylation sites is 1. The third-order valence-electron chi connectivity index (χ3n) is 2.99. The number of carbonyl (C=O) groups excluding carboxylic acids is 1. The van der Waals surface area contributed by atoms with E-state index in [1.54, 1.807) is 24.3 Å². The van der Waals surface area contributed by atoms with Crippen LogP contribution in [0.1, 0.15) is 18.9 Å². The van der Waals surface area contributed by atoms with Crippen molar-refractivity contribution in [3.63, 3.8) is 0 Å². The van der Waals surface area contributed by atoms with E-state index >= 15 is 0 Å². The van der Waals surface area contributed by atoms with Gasteiger partial charge >= 0.3 is 0 Å². The molecule has 0 aliphatic carbocycles. The molecule has 6 nitrogen and oxygen atoms in total. The highest BCUT2D eigenvalue weighted by Gasteiger charge is 2.27. The average molecular weight is 310 g/mol. The molecule has 114 valence electrons. The number of hydrogen-bond acceptors (Lipinski definition) is 5. The summed E-state index contributed by atoms with van der Waals surface area (Å²) in [6.07, 6.45) is 0.339. The van der Waals surface area contributed by atoms with Crippen molar-refractivity contribution in [2.24, 2.45) is 0 Å². The molecular formula is C14H18N2O4S. The van der Waals surface area contributed by atoms with E-state index in [4.69, 9.17) is 10.00 Å². The molecule has 1 aromatic carbocycles. The van der Waals surface area contributed by atoms with Gasteiger partial charge in [-0.2, -0.15) is 5.26 Å². The number of carbonyl (C=O) groups is 1. The highest BCUT2D eigenvalue weighted by atomic mass is 32.2. The Labute approximate surface area is 124 Å². The van der Waals surface area contributed by atoms with Crippen molar-refractivity contribution in [2.75, 3.05) is 24.8 Å². The summed E-state index contributed by atoms with van der Waals surface area (Å²) >= 11 is 0. The van der Waals surface area contributed by atoms with Crippen LogP contribution in [0.4, 0.5) is 5.69 Å². The van der Waals surface area contributed by atoms with Gasteiger partial charge in [0.2, 0.25) is 5.91 Å². The summed E-state index contributed by atoms with van der Waals surface area (Å²) in [4.78, 5) is 12.0. The second-order valence-electron chi connectivity index (χ2n) is 4.50. The van der Waals surface area contributed by atoms with Gasteiger partial charge in [0.05, 0.1) is 17.0 Å². The first-order valence-corrected chi connectivity index (χ1v) is 8.14. The molecule has 0 saturated heterocycles. The maximum atomic E-state index is 12.0. The number of rotatable bonds is 7. The van der Waals surface area contributed by atoms with E-state index in [0.29, 0.717) is 18.7 Å². The number of anilines is 1. The monoisotopic (exact) mass is 310 g/mol. The van der Waals surface area contributed by atoms with Gasteiger partial charge in [0.1, 0.15) is 11.3 Å². The van der Waals surface area contributed by atoms with Gasteiger partial charge in [-0.25, -0.2) is 8.42 Å². The smallest absolute Gasteiger partial charge is 0.242 e. The van der Waals surface area contributed by atoms with Gasteiger partial charge in [0.25, 0.3) is 0 Å². The Kier molecular flexibility index (Phi) is 6.34. The second-order valence-corrected chi connectivity index (χ2v) is 6.94. The van der Waals surface area contributed by atoms with E-state index in [1.165, 1.54) is 14.0 Å². The fourth-order valence-electron chi connectivity index (χ4n) is 1.67. The van der Waals surface area contributed by atoms with Crippen LogP contribution in [-0.4, -0.2) is 39.0 Å². The Bertz CT molecular complexity index is 635. The van der Waals surface area contributed by atoms with Crippen LogP contribution >= 0.6 is 0 Å². The molecule has 0 spiro atoms. The lowest BCUT2D eigenvalue weighted by atomic mass is 10.2. The lowest BCUT2D eigenvalue weighted by molar-refractivity contribution is -0.115. The Hall–Kier alpha value is -1.91. The van der Waals surface area contributed by atoms with Crippen LogP contribution in [0.15, 0.2) is 24.3 Å². The molecule has 0 saturated carbocycles. The molecule has 1 N–H and O–H groups in total. The van der Waals surface area contributed by atoms with Crippen molar-refractivity contribution in [3.8, 4) is 6.07 Å². The van der Waals surface area contributed by atoms with Gasteiger partial charge < -0.3 is 10.1 Å². The van der Waals surface area contributed by atoms with Gasteiger partial charge in [0.15, 0.2) is 9.84 Å². The van der Waals surface area contributed by atoms with Gasteiger partial charge in [-0.3, -0.25) is 4.79 Å². The van der Waals surface area contributed by atoms with Crippen LogP contribution < -0.4 is 5.32 Å².